The Morgan fingerprint density at radius 3 is 2.58 bits per heavy atom. The van der Waals surface area contributed by atoms with Gasteiger partial charge >= 0.3 is 0 Å². The monoisotopic (exact) mass is 167 g/mol. The molecule has 3 nitrogen and oxygen atoms in total. The number of aromatic nitrogens is 3. The van der Waals surface area contributed by atoms with Crippen LogP contribution in [0.3, 0.4) is 0 Å². The highest BCUT2D eigenvalue weighted by Gasteiger charge is 2.23. The highest BCUT2D eigenvalue weighted by Crippen LogP contribution is 2.23. The molecule has 0 bridgehead atoms. The lowest BCUT2D eigenvalue weighted by atomic mass is 9.89. The summed E-state index contributed by atoms with van der Waals surface area (Å²) >= 11 is 0. The van der Waals surface area contributed by atoms with E-state index in [1.807, 2.05) is 4.68 Å². The molecule has 0 aliphatic carbocycles. The van der Waals surface area contributed by atoms with Crippen LogP contribution in [0.25, 0.3) is 0 Å². The van der Waals surface area contributed by atoms with E-state index < -0.39 is 0 Å². The van der Waals surface area contributed by atoms with Gasteiger partial charge in [-0.05, 0) is 13.3 Å². The Morgan fingerprint density at radius 2 is 2.08 bits per heavy atom. The maximum Gasteiger partial charge on any atom is 0.138 e. The number of aryl methyl sites for hydroxylation is 1. The molecule has 0 aromatic carbocycles. The van der Waals surface area contributed by atoms with E-state index in [0.717, 1.165) is 18.8 Å². The van der Waals surface area contributed by atoms with E-state index >= 15 is 0 Å². The van der Waals surface area contributed by atoms with Gasteiger partial charge in [0.15, 0.2) is 0 Å². The molecule has 0 N–H and O–H groups in total. The molecule has 0 unspecified atom stereocenters. The highest BCUT2D eigenvalue weighted by atomic mass is 15.3. The average Bonchev–Trinajstić information content (AvgIpc) is 2.52. The molecule has 0 atom stereocenters. The van der Waals surface area contributed by atoms with Gasteiger partial charge in [0.2, 0.25) is 0 Å². The molecule has 0 aliphatic rings. The van der Waals surface area contributed by atoms with E-state index in [-0.39, 0.29) is 5.41 Å². The van der Waals surface area contributed by atoms with Gasteiger partial charge in [-0.25, -0.2) is 9.67 Å². The normalized spacial score (nSPS) is 12.0. The van der Waals surface area contributed by atoms with Crippen LogP contribution in [0, 0.1) is 0 Å². The third-order valence-corrected chi connectivity index (χ3v) is 2.40. The van der Waals surface area contributed by atoms with E-state index in [1.165, 1.54) is 0 Å². The third-order valence-electron chi connectivity index (χ3n) is 2.40. The van der Waals surface area contributed by atoms with Crippen LogP contribution >= 0.6 is 0 Å². The van der Waals surface area contributed by atoms with Gasteiger partial charge in [-0.2, -0.15) is 5.10 Å². The molecule has 0 saturated heterocycles. The van der Waals surface area contributed by atoms with Crippen molar-refractivity contribution in [2.45, 2.75) is 46.1 Å². The summed E-state index contributed by atoms with van der Waals surface area (Å²) in [6.45, 7) is 9.56. The number of rotatable bonds is 3. The van der Waals surface area contributed by atoms with Crippen LogP contribution in [-0.4, -0.2) is 14.8 Å². The zero-order chi connectivity index (χ0) is 9.19. The lowest BCUT2D eigenvalue weighted by Gasteiger charge is -2.21. The topological polar surface area (TPSA) is 30.7 Å². The van der Waals surface area contributed by atoms with Crippen molar-refractivity contribution >= 4 is 0 Å². The molecule has 68 valence electrons. The van der Waals surface area contributed by atoms with E-state index in [2.05, 4.69) is 37.8 Å². The zero-order valence-corrected chi connectivity index (χ0v) is 8.33. The Morgan fingerprint density at radius 1 is 1.42 bits per heavy atom. The quantitative estimate of drug-likeness (QED) is 0.689. The van der Waals surface area contributed by atoms with Crippen molar-refractivity contribution in [3.05, 3.63) is 12.2 Å². The maximum atomic E-state index is 4.28. The van der Waals surface area contributed by atoms with E-state index in [9.17, 15) is 0 Å². The van der Waals surface area contributed by atoms with Gasteiger partial charge in [-0.15, -0.1) is 0 Å². The SMILES string of the molecule is CCn1ncnc1C(C)(C)CC. The molecule has 1 aromatic rings. The summed E-state index contributed by atoms with van der Waals surface area (Å²) in [5.41, 5.74) is 0.145. The van der Waals surface area contributed by atoms with Crippen LogP contribution in [0.4, 0.5) is 0 Å². The Labute approximate surface area is 73.8 Å². The molecule has 0 spiro atoms. The molecule has 1 rings (SSSR count). The lowest BCUT2D eigenvalue weighted by molar-refractivity contribution is 0.433. The van der Waals surface area contributed by atoms with Crippen molar-refractivity contribution in [1.29, 1.82) is 0 Å². The molecule has 0 aliphatic heterocycles. The fourth-order valence-electron chi connectivity index (χ4n) is 1.18. The first kappa shape index (κ1) is 9.23. The summed E-state index contributed by atoms with van der Waals surface area (Å²) in [6, 6.07) is 0. The van der Waals surface area contributed by atoms with E-state index in [0.29, 0.717) is 0 Å². The minimum Gasteiger partial charge on any atom is -0.250 e. The second kappa shape index (κ2) is 3.25. The molecule has 0 amide bonds. The first-order valence-electron chi connectivity index (χ1n) is 4.50. The second-order valence-electron chi connectivity index (χ2n) is 3.64. The van der Waals surface area contributed by atoms with Crippen molar-refractivity contribution in [3.63, 3.8) is 0 Å². The predicted octanol–water partition coefficient (Wildman–Crippen LogP) is 1.99. The lowest BCUT2D eigenvalue weighted by Crippen LogP contribution is -2.22. The Balaban J connectivity index is 3.00. The molecular formula is C9H17N3. The van der Waals surface area contributed by atoms with Gasteiger partial charge in [0.25, 0.3) is 0 Å². The van der Waals surface area contributed by atoms with Crippen molar-refractivity contribution in [2.24, 2.45) is 0 Å². The molecule has 0 radical (unpaired) electrons. The molecule has 1 heterocycles. The zero-order valence-electron chi connectivity index (χ0n) is 8.33. The Bertz CT molecular complexity index is 250. The Kier molecular flexibility index (Phi) is 2.50. The predicted molar refractivity (Wildman–Crippen MR) is 49.0 cm³/mol. The largest absolute Gasteiger partial charge is 0.250 e. The fourth-order valence-corrected chi connectivity index (χ4v) is 1.18. The summed E-state index contributed by atoms with van der Waals surface area (Å²) < 4.78 is 1.96. The number of nitrogens with zero attached hydrogens (tertiary/aromatic N) is 3. The fraction of sp³-hybridized carbons (Fsp3) is 0.778. The summed E-state index contributed by atoms with van der Waals surface area (Å²) in [5.74, 6) is 1.09. The molecule has 0 fully saturated rings. The third kappa shape index (κ3) is 1.49. The van der Waals surface area contributed by atoms with Gasteiger partial charge in [-0.3, -0.25) is 0 Å². The van der Waals surface area contributed by atoms with Gasteiger partial charge in [0.1, 0.15) is 12.2 Å². The van der Waals surface area contributed by atoms with E-state index in [1.54, 1.807) is 6.33 Å². The first-order chi connectivity index (χ1) is 5.61. The second-order valence-corrected chi connectivity index (χ2v) is 3.64. The van der Waals surface area contributed by atoms with Crippen molar-refractivity contribution in [3.8, 4) is 0 Å². The first-order valence-corrected chi connectivity index (χ1v) is 4.50. The smallest absolute Gasteiger partial charge is 0.138 e. The summed E-state index contributed by atoms with van der Waals surface area (Å²) in [4.78, 5) is 4.28. The van der Waals surface area contributed by atoms with Crippen LogP contribution < -0.4 is 0 Å². The summed E-state index contributed by atoms with van der Waals surface area (Å²) in [6.07, 6.45) is 2.72. The molecule has 0 saturated carbocycles. The standard InChI is InChI=1S/C9H17N3/c1-5-9(3,4)8-10-7-11-12(8)6-2/h7H,5-6H2,1-4H3. The van der Waals surface area contributed by atoms with Crippen molar-refractivity contribution in [2.75, 3.05) is 0 Å². The summed E-state index contributed by atoms with van der Waals surface area (Å²) in [7, 11) is 0. The van der Waals surface area contributed by atoms with Crippen LogP contribution in [0.2, 0.25) is 0 Å². The van der Waals surface area contributed by atoms with Gasteiger partial charge in [0, 0.05) is 12.0 Å². The van der Waals surface area contributed by atoms with Crippen molar-refractivity contribution in [1.82, 2.24) is 14.8 Å². The molecule has 1 aromatic heterocycles. The highest BCUT2D eigenvalue weighted by molar-refractivity contribution is 5.02. The molecular weight excluding hydrogens is 150 g/mol. The van der Waals surface area contributed by atoms with Crippen molar-refractivity contribution < 1.29 is 0 Å². The average molecular weight is 167 g/mol. The van der Waals surface area contributed by atoms with Crippen LogP contribution in [0.1, 0.15) is 39.9 Å². The molecule has 12 heavy (non-hydrogen) atoms. The molecule has 3 heteroatoms. The van der Waals surface area contributed by atoms with Crippen LogP contribution in [0.5, 0.6) is 0 Å². The van der Waals surface area contributed by atoms with Gasteiger partial charge in [0.05, 0.1) is 0 Å². The number of hydrogen-bond donors (Lipinski definition) is 0. The van der Waals surface area contributed by atoms with Gasteiger partial charge < -0.3 is 0 Å². The minimum absolute atomic E-state index is 0.145. The minimum atomic E-state index is 0.145. The van der Waals surface area contributed by atoms with Crippen LogP contribution in [0.15, 0.2) is 6.33 Å². The number of hydrogen-bond acceptors (Lipinski definition) is 2. The van der Waals surface area contributed by atoms with E-state index in [4.69, 9.17) is 0 Å². The Hall–Kier alpha value is -0.860. The van der Waals surface area contributed by atoms with Gasteiger partial charge in [-0.1, -0.05) is 20.8 Å². The van der Waals surface area contributed by atoms with Crippen LogP contribution in [-0.2, 0) is 12.0 Å². The summed E-state index contributed by atoms with van der Waals surface area (Å²) in [5, 5.41) is 4.15. The maximum absolute atomic E-state index is 4.28.